The Labute approximate surface area is 153 Å². The molecule has 1 aromatic carbocycles. The van der Waals surface area contributed by atoms with Gasteiger partial charge in [0, 0.05) is 25.7 Å². The number of aromatic nitrogens is 2. The molecule has 0 unspecified atom stereocenters. The molecule has 1 aliphatic heterocycles. The van der Waals surface area contributed by atoms with Gasteiger partial charge in [0.05, 0.1) is 19.9 Å². The topological polar surface area (TPSA) is 56.6 Å². The maximum absolute atomic E-state index is 11.8. The van der Waals surface area contributed by atoms with E-state index in [1.165, 1.54) is 18.2 Å². The van der Waals surface area contributed by atoms with Crippen molar-refractivity contribution in [1.82, 2.24) is 14.7 Å². The number of carbonyl (C=O) groups excluding carboxylic acids is 1. The number of ether oxygens (including phenoxy) is 2. The number of esters is 1. The van der Waals surface area contributed by atoms with Crippen molar-refractivity contribution < 1.29 is 14.3 Å². The molecular weight excluding hydrogens is 330 g/mol. The largest absolute Gasteiger partial charge is 0.497 e. The van der Waals surface area contributed by atoms with Crippen LogP contribution in [0.25, 0.3) is 0 Å². The minimum Gasteiger partial charge on any atom is -0.497 e. The summed E-state index contributed by atoms with van der Waals surface area (Å²) in [6.45, 7) is 2.73. The van der Waals surface area contributed by atoms with Gasteiger partial charge in [-0.15, -0.1) is 0 Å². The van der Waals surface area contributed by atoms with Crippen LogP contribution in [0.15, 0.2) is 24.3 Å². The maximum atomic E-state index is 11.8. The highest BCUT2D eigenvalue weighted by Gasteiger charge is 2.27. The van der Waals surface area contributed by atoms with E-state index in [1.54, 1.807) is 7.11 Å². The van der Waals surface area contributed by atoms with Crippen molar-refractivity contribution in [3.05, 3.63) is 46.8 Å². The van der Waals surface area contributed by atoms with Gasteiger partial charge in [-0.05, 0) is 55.0 Å². The summed E-state index contributed by atoms with van der Waals surface area (Å²) in [6, 6.07) is 8.82. The molecule has 0 fully saturated rings. The van der Waals surface area contributed by atoms with Crippen LogP contribution in [0, 0.1) is 0 Å². The molecule has 1 aliphatic carbocycles. The van der Waals surface area contributed by atoms with Gasteiger partial charge in [0.2, 0.25) is 0 Å². The van der Waals surface area contributed by atoms with E-state index in [1.807, 2.05) is 10.7 Å². The van der Waals surface area contributed by atoms with Crippen molar-refractivity contribution in [1.29, 1.82) is 0 Å². The second kappa shape index (κ2) is 7.11. The van der Waals surface area contributed by atoms with E-state index >= 15 is 0 Å². The second-order valence-corrected chi connectivity index (χ2v) is 7.09. The van der Waals surface area contributed by atoms with Crippen molar-refractivity contribution in [2.24, 2.45) is 0 Å². The van der Waals surface area contributed by atoms with Crippen LogP contribution in [0.1, 0.15) is 40.2 Å². The molecule has 4 rings (SSSR count). The number of hydrogen-bond acceptors (Lipinski definition) is 5. The second-order valence-electron chi connectivity index (χ2n) is 7.09. The first-order chi connectivity index (χ1) is 12.7. The van der Waals surface area contributed by atoms with Gasteiger partial charge in [0.25, 0.3) is 0 Å². The quantitative estimate of drug-likeness (QED) is 0.792. The Bertz CT molecular complexity index is 815. The SMILES string of the molecule is COC(=O)c1cc2n(n1)CCCN([C@@H]1CCc3ccc(OC)cc3C1)C2. The predicted octanol–water partition coefficient (Wildman–Crippen LogP) is 2.44. The number of carbonyl (C=O) groups is 1. The molecule has 6 nitrogen and oxygen atoms in total. The summed E-state index contributed by atoms with van der Waals surface area (Å²) in [5.41, 5.74) is 4.34. The van der Waals surface area contributed by atoms with Crippen LogP contribution < -0.4 is 4.74 Å². The third-order valence-corrected chi connectivity index (χ3v) is 5.57. The van der Waals surface area contributed by atoms with Crippen LogP contribution in [0.4, 0.5) is 0 Å². The van der Waals surface area contributed by atoms with Gasteiger partial charge in [0.15, 0.2) is 5.69 Å². The van der Waals surface area contributed by atoms with E-state index < -0.39 is 0 Å². The van der Waals surface area contributed by atoms with Gasteiger partial charge in [-0.2, -0.15) is 5.10 Å². The fraction of sp³-hybridized carbons (Fsp3) is 0.500. The van der Waals surface area contributed by atoms with Crippen molar-refractivity contribution in [2.75, 3.05) is 20.8 Å². The van der Waals surface area contributed by atoms with E-state index in [0.717, 1.165) is 56.8 Å². The summed E-state index contributed by atoms with van der Waals surface area (Å²) in [5, 5.41) is 4.42. The normalized spacial score (nSPS) is 20.0. The highest BCUT2D eigenvalue weighted by Crippen LogP contribution is 2.29. The monoisotopic (exact) mass is 355 g/mol. The summed E-state index contributed by atoms with van der Waals surface area (Å²) >= 11 is 0. The molecule has 2 aliphatic rings. The van der Waals surface area contributed by atoms with Crippen molar-refractivity contribution in [2.45, 2.75) is 44.8 Å². The summed E-state index contributed by atoms with van der Waals surface area (Å²) in [7, 11) is 3.11. The summed E-state index contributed by atoms with van der Waals surface area (Å²) < 4.78 is 12.2. The van der Waals surface area contributed by atoms with Crippen LogP contribution in [0.2, 0.25) is 0 Å². The molecule has 0 saturated carbocycles. The van der Waals surface area contributed by atoms with Gasteiger partial charge in [0.1, 0.15) is 5.75 Å². The highest BCUT2D eigenvalue weighted by atomic mass is 16.5. The fourth-order valence-corrected chi connectivity index (χ4v) is 4.16. The van der Waals surface area contributed by atoms with E-state index in [4.69, 9.17) is 9.47 Å². The Hall–Kier alpha value is -2.34. The molecule has 0 radical (unpaired) electrons. The van der Waals surface area contributed by atoms with Crippen LogP contribution in [0.3, 0.4) is 0 Å². The number of rotatable bonds is 3. The van der Waals surface area contributed by atoms with Gasteiger partial charge < -0.3 is 9.47 Å². The average molecular weight is 355 g/mol. The van der Waals surface area contributed by atoms with Crippen LogP contribution >= 0.6 is 0 Å². The lowest BCUT2D eigenvalue weighted by Gasteiger charge is -2.34. The first kappa shape index (κ1) is 17.1. The molecule has 0 bridgehead atoms. The van der Waals surface area contributed by atoms with Crippen molar-refractivity contribution >= 4 is 5.97 Å². The van der Waals surface area contributed by atoms with E-state index in [9.17, 15) is 4.79 Å². The Balaban J connectivity index is 1.53. The number of hydrogen-bond donors (Lipinski definition) is 0. The number of methoxy groups -OCH3 is 2. The molecule has 0 N–H and O–H groups in total. The van der Waals surface area contributed by atoms with Crippen LogP contribution in [-0.2, 0) is 30.7 Å². The molecule has 0 saturated heterocycles. The minimum atomic E-state index is -0.365. The highest BCUT2D eigenvalue weighted by molar-refractivity contribution is 5.87. The zero-order valence-corrected chi connectivity index (χ0v) is 15.4. The third-order valence-electron chi connectivity index (χ3n) is 5.57. The molecule has 1 aromatic heterocycles. The average Bonchev–Trinajstić information content (AvgIpc) is 2.98. The summed E-state index contributed by atoms with van der Waals surface area (Å²) in [5.74, 6) is 0.567. The predicted molar refractivity (Wildman–Crippen MR) is 97.4 cm³/mol. The Kier molecular flexibility index (Phi) is 4.68. The molecule has 0 spiro atoms. The number of nitrogens with zero attached hydrogens (tertiary/aromatic N) is 3. The van der Waals surface area contributed by atoms with Gasteiger partial charge in [-0.25, -0.2) is 4.79 Å². The lowest BCUT2D eigenvalue weighted by molar-refractivity contribution is 0.0593. The molecule has 2 heterocycles. The Morgan fingerprint density at radius 1 is 1.19 bits per heavy atom. The van der Waals surface area contributed by atoms with E-state index in [-0.39, 0.29) is 5.97 Å². The Morgan fingerprint density at radius 3 is 2.88 bits per heavy atom. The smallest absolute Gasteiger partial charge is 0.358 e. The van der Waals surface area contributed by atoms with Crippen molar-refractivity contribution in [3.63, 3.8) is 0 Å². The molecule has 1 atom stereocenters. The lowest BCUT2D eigenvalue weighted by Crippen LogP contribution is -2.39. The molecular formula is C20H25N3O3. The van der Waals surface area contributed by atoms with Gasteiger partial charge in [-0.1, -0.05) is 6.07 Å². The van der Waals surface area contributed by atoms with E-state index in [0.29, 0.717) is 11.7 Å². The van der Waals surface area contributed by atoms with E-state index in [2.05, 4.69) is 28.2 Å². The zero-order valence-electron chi connectivity index (χ0n) is 15.4. The zero-order chi connectivity index (χ0) is 18.1. The molecule has 0 amide bonds. The number of fused-ring (bicyclic) bond motifs is 2. The molecule has 138 valence electrons. The number of benzene rings is 1. The third kappa shape index (κ3) is 3.21. The number of aryl methyl sites for hydroxylation is 2. The van der Waals surface area contributed by atoms with Gasteiger partial charge in [-0.3, -0.25) is 9.58 Å². The summed E-state index contributed by atoms with van der Waals surface area (Å²) in [4.78, 5) is 14.3. The lowest BCUT2D eigenvalue weighted by atomic mass is 9.87. The first-order valence-electron chi connectivity index (χ1n) is 9.23. The van der Waals surface area contributed by atoms with Crippen LogP contribution in [-0.4, -0.2) is 47.5 Å². The van der Waals surface area contributed by atoms with Crippen molar-refractivity contribution in [3.8, 4) is 5.75 Å². The maximum Gasteiger partial charge on any atom is 0.358 e. The Morgan fingerprint density at radius 2 is 2.08 bits per heavy atom. The van der Waals surface area contributed by atoms with Gasteiger partial charge >= 0.3 is 5.97 Å². The first-order valence-corrected chi connectivity index (χ1v) is 9.23. The molecule has 2 aromatic rings. The fourth-order valence-electron chi connectivity index (χ4n) is 4.16. The summed E-state index contributed by atoms with van der Waals surface area (Å²) in [6.07, 6.45) is 4.35. The standard InChI is InChI=1S/C20H25N3O3/c1-25-18-7-5-14-4-6-16(10-15(14)11-18)22-8-3-9-23-17(13-22)12-19(21-23)20(24)26-2/h5,7,11-12,16H,3-4,6,8-10,13H2,1-2H3/t16-/m1/s1. The van der Waals surface area contributed by atoms with Crippen LogP contribution in [0.5, 0.6) is 5.75 Å². The molecule has 6 heteroatoms. The molecule has 26 heavy (non-hydrogen) atoms. The minimum absolute atomic E-state index is 0.365.